The SMILES string of the molecule is COc1cc(/C=C(\NC(=O)c2ccccc2)C(=O)Nc2ccc(C(=O)/C=C/c3cccnc3)cc2)cc(OC)c1OC. The molecule has 0 fully saturated rings. The maximum Gasteiger partial charge on any atom is 0.272 e. The molecule has 0 aliphatic carbocycles. The summed E-state index contributed by atoms with van der Waals surface area (Å²) in [6.45, 7) is 0. The molecule has 212 valence electrons. The predicted molar refractivity (Wildman–Crippen MR) is 161 cm³/mol. The number of rotatable bonds is 11. The van der Waals surface area contributed by atoms with Gasteiger partial charge in [-0.05, 0) is 84.0 Å². The Balaban J connectivity index is 1.58. The summed E-state index contributed by atoms with van der Waals surface area (Å²) in [6.07, 6.45) is 7.96. The maximum atomic E-state index is 13.4. The molecule has 0 aliphatic rings. The van der Waals surface area contributed by atoms with Crippen molar-refractivity contribution in [2.24, 2.45) is 0 Å². The summed E-state index contributed by atoms with van der Waals surface area (Å²) in [7, 11) is 4.46. The average Bonchev–Trinajstić information content (AvgIpc) is 3.03. The Morgan fingerprint density at radius 2 is 1.45 bits per heavy atom. The summed E-state index contributed by atoms with van der Waals surface area (Å²) in [5.41, 5.74) is 2.54. The van der Waals surface area contributed by atoms with E-state index in [9.17, 15) is 14.4 Å². The third-order valence-corrected chi connectivity index (χ3v) is 6.07. The molecule has 4 rings (SSSR count). The summed E-state index contributed by atoms with van der Waals surface area (Å²) in [5, 5.41) is 5.47. The molecule has 0 saturated heterocycles. The van der Waals surface area contributed by atoms with Crippen molar-refractivity contribution < 1.29 is 28.6 Å². The molecule has 0 unspecified atom stereocenters. The lowest BCUT2D eigenvalue weighted by atomic mass is 10.1. The van der Waals surface area contributed by atoms with E-state index in [1.807, 2.05) is 6.07 Å². The van der Waals surface area contributed by atoms with Crippen LogP contribution >= 0.6 is 0 Å². The van der Waals surface area contributed by atoms with Crippen molar-refractivity contribution >= 4 is 35.4 Å². The molecule has 9 heteroatoms. The molecule has 1 heterocycles. The van der Waals surface area contributed by atoms with Crippen LogP contribution in [0, 0.1) is 0 Å². The van der Waals surface area contributed by atoms with Crippen molar-refractivity contribution in [3.05, 3.63) is 125 Å². The molecule has 0 saturated carbocycles. The largest absolute Gasteiger partial charge is 0.493 e. The van der Waals surface area contributed by atoms with Crippen LogP contribution in [0.5, 0.6) is 17.2 Å². The summed E-state index contributed by atoms with van der Waals surface area (Å²) < 4.78 is 16.2. The number of nitrogens with zero attached hydrogens (tertiary/aromatic N) is 1. The minimum absolute atomic E-state index is 0.0299. The fourth-order valence-electron chi connectivity index (χ4n) is 3.95. The van der Waals surface area contributed by atoms with E-state index in [0.29, 0.717) is 39.6 Å². The van der Waals surface area contributed by atoms with E-state index >= 15 is 0 Å². The van der Waals surface area contributed by atoms with Gasteiger partial charge in [0.05, 0.1) is 21.3 Å². The van der Waals surface area contributed by atoms with Gasteiger partial charge in [-0.25, -0.2) is 0 Å². The molecule has 3 aromatic carbocycles. The van der Waals surface area contributed by atoms with Crippen molar-refractivity contribution in [2.75, 3.05) is 26.6 Å². The van der Waals surface area contributed by atoms with Gasteiger partial charge in [-0.2, -0.15) is 0 Å². The van der Waals surface area contributed by atoms with Gasteiger partial charge in [0.15, 0.2) is 17.3 Å². The Morgan fingerprint density at radius 1 is 0.762 bits per heavy atom. The molecule has 9 nitrogen and oxygen atoms in total. The molecule has 0 aliphatic heterocycles. The van der Waals surface area contributed by atoms with E-state index < -0.39 is 11.8 Å². The van der Waals surface area contributed by atoms with E-state index in [0.717, 1.165) is 5.56 Å². The van der Waals surface area contributed by atoms with E-state index in [2.05, 4.69) is 15.6 Å². The second-order valence-corrected chi connectivity index (χ2v) is 8.85. The van der Waals surface area contributed by atoms with Gasteiger partial charge in [-0.1, -0.05) is 24.3 Å². The topological polar surface area (TPSA) is 116 Å². The van der Waals surface area contributed by atoms with Crippen LogP contribution in [0.3, 0.4) is 0 Å². The number of amides is 2. The first-order chi connectivity index (χ1) is 20.4. The molecule has 2 N–H and O–H groups in total. The highest BCUT2D eigenvalue weighted by molar-refractivity contribution is 6.11. The Labute approximate surface area is 243 Å². The molecule has 2 amide bonds. The molecule has 0 atom stereocenters. The number of hydrogen-bond acceptors (Lipinski definition) is 7. The number of carbonyl (C=O) groups excluding carboxylic acids is 3. The third-order valence-electron chi connectivity index (χ3n) is 6.07. The first-order valence-electron chi connectivity index (χ1n) is 12.8. The lowest BCUT2D eigenvalue weighted by molar-refractivity contribution is -0.113. The Kier molecular flexibility index (Phi) is 9.82. The van der Waals surface area contributed by atoms with Crippen LogP contribution in [0.25, 0.3) is 12.2 Å². The van der Waals surface area contributed by atoms with Gasteiger partial charge >= 0.3 is 0 Å². The second kappa shape index (κ2) is 14.1. The number of nitrogens with one attached hydrogen (secondary N) is 2. The zero-order chi connectivity index (χ0) is 29.9. The summed E-state index contributed by atoms with van der Waals surface area (Å²) in [6, 6.07) is 21.9. The highest BCUT2D eigenvalue weighted by Gasteiger charge is 2.18. The van der Waals surface area contributed by atoms with Gasteiger partial charge < -0.3 is 24.8 Å². The standard InChI is InChI=1S/C33H29N3O6/c1-40-29-19-23(20-30(41-2)31(29)42-3)18-27(36-32(38)25-9-5-4-6-10-25)33(39)35-26-14-12-24(13-15-26)28(37)16-11-22-8-7-17-34-21-22/h4-21H,1-3H3,(H,35,39)(H,36,38)/b16-11+,27-18-. The smallest absolute Gasteiger partial charge is 0.272 e. The van der Waals surface area contributed by atoms with Crippen molar-refractivity contribution in [1.82, 2.24) is 10.3 Å². The van der Waals surface area contributed by atoms with Crippen molar-refractivity contribution in [2.45, 2.75) is 0 Å². The molecule has 0 radical (unpaired) electrons. The number of hydrogen-bond donors (Lipinski definition) is 2. The van der Waals surface area contributed by atoms with Crippen LogP contribution in [0.2, 0.25) is 0 Å². The predicted octanol–water partition coefficient (Wildman–Crippen LogP) is 5.41. The molecule has 4 aromatic rings. The maximum absolute atomic E-state index is 13.4. The monoisotopic (exact) mass is 563 g/mol. The minimum atomic E-state index is -0.580. The van der Waals surface area contributed by atoms with Crippen LogP contribution in [0.4, 0.5) is 5.69 Å². The number of carbonyl (C=O) groups is 3. The third kappa shape index (κ3) is 7.48. The highest BCUT2D eigenvalue weighted by atomic mass is 16.5. The molecule has 1 aromatic heterocycles. The van der Waals surface area contributed by atoms with E-state index in [-0.39, 0.29) is 11.5 Å². The average molecular weight is 564 g/mol. The number of anilines is 1. The van der Waals surface area contributed by atoms with Gasteiger partial charge in [0, 0.05) is 29.2 Å². The van der Waals surface area contributed by atoms with Gasteiger partial charge in [0.2, 0.25) is 5.75 Å². The minimum Gasteiger partial charge on any atom is -0.493 e. The second-order valence-electron chi connectivity index (χ2n) is 8.85. The number of aromatic nitrogens is 1. The lowest BCUT2D eigenvalue weighted by Gasteiger charge is -2.14. The lowest BCUT2D eigenvalue weighted by Crippen LogP contribution is -2.30. The van der Waals surface area contributed by atoms with Crippen LogP contribution in [0.1, 0.15) is 31.8 Å². The van der Waals surface area contributed by atoms with Gasteiger partial charge in [0.25, 0.3) is 11.8 Å². The number of ketones is 1. The Morgan fingerprint density at radius 3 is 2.05 bits per heavy atom. The normalized spacial score (nSPS) is 11.1. The molecule has 42 heavy (non-hydrogen) atoms. The fraction of sp³-hybridized carbons (Fsp3) is 0.0909. The summed E-state index contributed by atoms with van der Waals surface area (Å²) in [4.78, 5) is 43.0. The molecular formula is C33H29N3O6. The van der Waals surface area contributed by atoms with Crippen molar-refractivity contribution in [3.8, 4) is 17.2 Å². The summed E-state index contributed by atoms with van der Waals surface area (Å²) >= 11 is 0. The van der Waals surface area contributed by atoms with Crippen molar-refractivity contribution in [1.29, 1.82) is 0 Å². The van der Waals surface area contributed by atoms with Crippen LogP contribution < -0.4 is 24.8 Å². The molecule has 0 bridgehead atoms. The first-order valence-corrected chi connectivity index (χ1v) is 12.8. The van der Waals surface area contributed by atoms with Crippen LogP contribution in [-0.4, -0.2) is 43.9 Å². The number of allylic oxidation sites excluding steroid dienone is 1. The zero-order valence-corrected chi connectivity index (χ0v) is 23.3. The van der Waals surface area contributed by atoms with Gasteiger partial charge in [-0.3, -0.25) is 19.4 Å². The quantitative estimate of drug-likeness (QED) is 0.185. The number of methoxy groups -OCH3 is 3. The van der Waals surface area contributed by atoms with E-state index in [1.54, 1.807) is 91.3 Å². The van der Waals surface area contributed by atoms with Gasteiger partial charge in [-0.15, -0.1) is 0 Å². The molecular weight excluding hydrogens is 534 g/mol. The fourth-order valence-corrected chi connectivity index (χ4v) is 3.95. The molecule has 0 spiro atoms. The highest BCUT2D eigenvalue weighted by Crippen LogP contribution is 2.38. The van der Waals surface area contributed by atoms with E-state index in [4.69, 9.17) is 14.2 Å². The number of pyridine rings is 1. The Bertz CT molecular complexity index is 1590. The van der Waals surface area contributed by atoms with Crippen molar-refractivity contribution in [3.63, 3.8) is 0 Å². The van der Waals surface area contributed by atoms with Gasteiger partial charge in [0.1, 0.15) is 5.70 Å². The zero-order valence-electron chi connectivity index (χ0n) is 23.3. The van der Waals surface area contributed by atoms with Crippen LogP contribution in [0.15, 0.2) is 103 Å². The Hall–Kier alpha value is -5.70. The summed E-state index contributed by atoms with van der Waals surface area (Å²) in [5.74, 6) is -0.0873. The first kappa shape index (κ1) is 29.3. The van der Waals surface area contributed by atoms with E-state index in [1.165, 1.54) is 33.5 Å². The number of benzene rings is 3. The van der Waals surface area contributed by atoms with Crippen LogP contribution in [-0.2, 0) is 4.79 Å². The number of ether oxygens (including phenoxy) is 3.